The molecule has 0 bridgehead atoms. The monoisotopic (exact) mass is 260 g/mol. The van der Waals surface area contributed by atoms with Crippen molar-refractivity contribution in [2.75, 3.05) is 25.2 Å². The van der Waals surface area contributed by atoms with Crippen LogP contribution < -0.4 is 9.64 Å². The minimum atomic E-state index is 0.703. The highest BCUT2D eigenvalue weighted by Gasteiger charge is 2.41. The molecule has 1 atom stereocenters. The van der Waals surface area contributed by atoms with Gasteiger partial charge in [0.15, 0.2) is 0 Å². The molecule has 2 fully saturated rings. The van der Waals surface area contributed by atoms with Crippen LogP contribution in [0.1, 0.15) is 26.7 Å². The first-order valence-corrected chi connectivity index (χ1v) is 7.34. The molecule has 0 amide bonds. The number of hydrogen-bond acceptors (Lipinski definition) is 3. The fourth-order valence-electron chi connectivity index (χ4n) is 3.06. The van der Waals surface area contributed by atoms with Gasteiger partial charge < -0.3 is 9.64 Å². The van der Waals surface area contributed by atoms with E-state index in [1.807, 2.05) is 0 Å². The molecular weight excluding hydrogens is 236 g/mol. The van der Waals surface area contributed by atoms with Crippen LogP contribution >= 0.6 is 0 Å². The summed E-state index contributed by atoms with van der Waals surface area (Å²) < 4.78 is 5.23. The maximum absolute atomic E-state index is 5.23. The first-order valence-electron chi connectivity index (χ1n) is 7.34. The highest BCUT2D eigenvalue weighted by atomic mass is 16.5. The van der Waals surface area contributed by atoms with Crippen molar-refractivity contribution in [3.05, 3.63) is 24.3 Å². The van der Waals surface area contributed by atoms with E-state index in [2.05, 4.69) is 47.9 Å². The molecule has 19 heavy (non-hydrogen) atoms. The third-order valence-corrected chi connectivity index (χ3v) is 4.39. The standard InChI is InChI=1S/C16H24N2O/c1-12(2)16-10-17(11-18(16)14-4-5-14)13-6-8-15(19-3)9-7-13/h6-9,12,14,16H,4-5,10-11H2,1-3H3. The van der Waals surface area contributed by atoms with E-state index in [-0.39, 0.29) is 0 Å². The Labute approximate surface area is 116 Å². The van der Waals surface area contributed by atoms with E-state index in [1.54, 1.807) is 7.11 Å². The van der Waals surface area contributed by atoms with E-state index in [0.717, 1.165) is 30.9 Å². The van der Waals surface area contributed by atoms with Crippen molar-refractivity contribution in [1.82, 2.24) is 4.90 Å². The Bertz CT molecular complexity index is 415. The van der Waals surface area contributed by atoms with Crippen molar-refractivity contribution in [2.45, 2.75) is 38.8 Å². The van der Waals surface area contributed by atoms with Crippen molar-refractivity contribution in [2.24, 2.45) is 5.92 Å². The topological polar surface area (TPSA) is 15.7 Å². The van der Waals surface area contributed by atoms with E-state index in [1.165, 1.54) is 18.5 Å². The summed E-state index contributed by atoms with van der Waals surface area (Å²) in [5, 5.41) is 0. The molecule has 1 heterocycles. The largest absolute Gasteiger partial charge is 0.497 e. The van der Waals surface area contributed by atoms with Crippen molar-refractivity contribution in [1.29, 1.82) is 0 Å². The molecule has 1 unspecified atom stereocenters. The van der Waals surface area contributed by atoms with Crippen LogP contribution in [-0.4, -0.2) is 37.3 Å². The van der Waals surface area contributed by atoms with Crippen LogP contribution in [0.3, 0.4) is 0 Å². The Balaban J connectivity index is 1.74. The van der Waals surface area contributed by atoms with E-state index in [9.17, 15) is 0 Å². The molecule has 3 heteroatoms. The average molecular weight is 260 g/mol. The third-order valence-electron chi connectivity index (χ3n) is 4.39. The van der Waals surface area contributed by atoms with Crippen LogP contribution in [0.15, 0.2) is 24.3 Å². The predicted molar refractivity (Wildman–Crippen MR) is 78.7 cm³/mol. The molecule has 1 saturated heterocycles. The van der Waals surface area contributed by atoms with Crippen molar-refractivity contribution in [3.8, 4) is 5.75 Å². The summed E-state index contributed by atoms with van der Waals surface area (Å²) in [5.41, 5.74) is 1.31. The zero-order valence-corrected chi connectivity index (χ0v) is 12.2. The Morgan fingerprint density at radius 3 is 2.37 bits per heavy atom. The van der Waals surface area contributed by atoms with E-state index in [0.29, 0.717) is 6.04 Å². The lowest BCUT2D eigenvalue weighted by atomic mass is 10.0. The number of benzene rings is 1. The SMILES string of the molecule is COc1ccc(N2CC(C(C)C)N(C3CC3)C2)cc1. The normalized spacial score (nSPS) is 24.2. The van der Waals surface area contributed by atoms with Gasteiger partial charge in [-0.3, -0.25) is 4.90 Å². The molecule has 0 N–H and O–H groups in total. The molecule has 0 radical (unpaired) electrons. The number of anilines is 1. The van der Waals surface area contributed by atoms with Gasteiger partial charge in [0.05, 0.1) is 13.8 Å². The van der Waals surface area contributed by atoms with E-state index < -0.39 is 0 Å². The van der Waals surface area contributed by atoms with Crippen LogP contribution in [0.25, 0.3) is 0 Å². The van der Waals surface area contributed by atoms with Gasteiger partial charge in [-0.25, -0.2) is 0 Å². The molecule has 0 spiro atoms. The summed E-state index contributed by atoms with van der Waals surface area (Å²) in [4.78, 5) is 5.21. The maximum Gasteiger partial charge on any atom is 0.119 e. The van der Waals surface area contributed by atoms with Crippen LogP contribution in [0, 0.1) is 5.92 Å². The van der Waals surface area contributed by atoms with Gasteiger partial charge in [-0.2, -0.15) is 0 Å². The molecule has 1 aromatic carbocycles. The van der Waals surface area contributed by atoms with Gasteiger partial charge in [-0.15, -0.1) is 0 Å². The molecule has 1 aliphatic heterocycles. The predicted octanol–water partition coefficient (Wildman–Crippen LogP) is 2.96. The zero-order valence-electron chi connectivity index (χ0n) is 12.2. The fourth-order valence-corrected chi connectivity index (χ4v) is 3.06. The Kier molecular flexibility index (Phi) is 3.40. The quantitative estimate of drug-likeness (QED) is 0.828. The van der Waals surface area contributed by atoms with E-state index in [4.69, 9.17) is 4.74 Å². The molecule has 2 aliphatic rings. The maximum atomic E-state index is 5.23. The number of nitrogens with zero attached hydrogens (tertiary/aromatic N) is 2. The Morgan fingerprint density at radius 2 is 1.84 bits per heavy atom. The Hall–Kier alpha value is -1.22. The number of methoxy groups -OCH3 is 1. The highest BCUT2D eigenvalue weighted by Crippen LogP contribution is 2.35. The van der Waals surface area contributed by atoms with Gasteiger partial charge in [0.2, 0.25) is 0 Å². The van der Waals surface area contributed by atoms with Gasteiger partial charge in [0.25, 0.3) is 0 Å². The molecular formula is C16H24N2O. The molecule has 0 aromatic heterocycles. The summed E-state index contributed by atoms with van der Waals surface area (Å²) in [7, 11) is 1.72. The van der Waals surface area contributed by atoms with Crippen molar-refractivity contribution in [3.63, 3.8) is 0 Å². The zero-order chi connectivity index (χ0) is 13.4. The second kappa shape index (κ2) is 5.04. The van der Waals surface area contributed by atoms with Crippen molar-refractivity contribution < 1.29 is 4.74 Å². The summed E-state index contributed by atoms with van der Waals surface area (Å²) >= 11 is 0. The van der Waals surface area contributed by atoms with Gasteiger partial charge in [-0.05, 0) is 43.0 Å². The summed E-state index contributed by atoms with van der Waals surface area (Å²) in [6.07, 6.45) is 2.78. The summed E-state index contributed by atoms with van der Waals surface area (Å²) in [5.74, 6) is 1.66. The van der Waals surface area contributed by atoms with Gasteiger partial charge >= 0.3 is 0 Å². The molecule has 104 valence electrons. The van der Waals surface area contributed by atoms with Crippen LogP contribution in [0.5, 0.6) is 5.75 Å². The van der Waals surface area contributed by atoms with Crippen molar-refractivity contribution >= 4 is 5.69 Å². The highest BCUT2D eigenvalue weighted by molar-refractivity contribution is 5.50. The number of ether oxygens (including phenoxy) is 1. The molecule has 3 nitrogen and oxygen atoms in total. The lowest BCUT2D eigenvalue weighted by molar-refractivity contribution is 0.204. The number of hydrogen-bond donors (Lipinski definition) is 0. The molecule has 1 aromatic rings. The second-order valence-electron chi connectivity index (χ2n) is 6.12. The molecule has 3 rings (SSSR count). The minimum absolute atomic E-state index is 0.703. The number of rotatable bonds is 4. The van der Waals surface area contributed by atoms with Crippen LogP contribution in [0.2, 0.25) is 0 Å². The lowest BCUT2D eigenvalue weighted by Crippen LogP contribution is -2.36. The molecule has 1 saturated carbocycles. The van der Waals surface area contributed by atoms with E-state index >= 15 is 0 Å². The van der Waals surface area contributed by atoms with Gasteiger partial charge in [0.1, 0.15) is 5.75 Å². The average Bonchev–Trinajstić information content (AvgIpc) is 3.17. The second-order valence-corrected chi connectivity index (χ2v) is 6.12. The lowest BCUT2D eigenvalue weighted by Gasteiger charge is -2.25. The van der Waals surface area contributed by atoms with Crippen LogP contribution in [0.4, 0.5) is 5.69 Å². The summed E-state index contributed by atoms with van der Waals surface area (Å²) in [6.45, 7) is 6.93. The summed E-state index contributed by atoms with van der Waals surface area (Å²) in [6, 6.07) is 10.0. The fraction of sp³-hybridized carbons (Fsp3) is 0.625. The molecule has 1 aliphatic carbocycles. The van der Waals surface area contributed by atoms with Gasteiger partial charge in [0, 0.05) is 24.3 Å². The first kappa shape index (κ1) is 12.8. The first-order chi connectivity index (χ1) is 9.19. The van der Waals surface area contributed by atoms with Crippen LogP contribution in [-0.2, 0) is 0 Å². The smallest absolute Gasteiger partial charge is 0.119 e. The third kappa shape index (κ3) is 2.57. The van der Waals surface area contributed by atoms with Gasteiger partial charge in [-0.1, -0.05) is 13.8 Å². The Morgan fingerprint density at radius 1 is 1.16 bits per heavy atom. The minimum Gasteiger partial charge on any atom is -0.497 e.